The molecule has 0 aliphatic carbocycles. The van der Waals surface area contributed by atoms with Gasteiger partial charge in [-0.15, -0.1) is 0 Å². The van der Waals surface area contributed by atoms with Gasteiger partial charge in [0.05, 0.1) is 11.8 Å². The van der Waals surface area contributed by atoms with E-state index in [-0.39, 0.29) is 11.9 Å². The second-order valence-corrected chi connectivity index (χ2v) is 5.13. The summed E-state index contributed by atoms with van der Waals surface area (Å²) in [7, 11) is 0. The van der Waals surface area contributed by atoms with E-state index >= 15 is 0 Å². The van der Waals surface area contributed by atoms with E-state index in [9.17, 15) is 9.90 Å². The minimum Gasteiger partial charge on any atom is -0.478 e. The van der Waals surface area contributed by atoms with E-state index in [0.717, 1.165) is 0 Å². The van der Waals surface area contributed by atoms with E-state index in [1.165, 1.54) is 0 Å². The van der Waals surface area contributed by atoms with Gasteiger partial charge in [0.1, 0.15) is 5.75 Å². The zero-order chi connectivity index (χ0) is 14.9. The van der Waals surface area contributed by atoms with Gasteiger partial charge in [-0.05, 0) is 38.0 Å². The summed E-state index contributed by atoms with van der Waals surface area (Å²) < 4.78 is 5.72. The number of aliphatic hydroxyl groups is 1. The Morgan fingerprint density at radius 2 is 2.15 bits per heavy atom. The van der Waals surface area contributed by atoms with Gasteiger partial charge in [0.25, 0.3) is 5.91 Å². The molecule has 0 fully saturated rings. The van der Waals surface area contributed by atoms with Gasteiger partial charge >= 0.3 is 0 Å². The molecule has 5 heteroatoms. The van der Waals surface area contributed by atoms with Crippen molar-refractivity contribution in [3.8, 4) is 5.75 Å². The molecule has 5 nitrogen and oxygen atoms in total. The maximum absolute atomic E-state index is 12.3. The molecule has 1 heterocycles. The number of carbonyl (C=O) groups excluding carboxylic acids is 1. The van der Waals surface area contributed by atoms with Crippen LogP contribution in [0.3, 0.4) is 0 Å². The highest BCUT2D eigenvalue weighted by molar-refractivity contribution is 6.00. The number of benzene rings is 1. The molecular formula is C15H22N2O3. The first kappa shape index (κ1) is 14.8. The number of aliphatic hydroxyl groups excluding tert-OH is 1. The molecule has 3 N–H and O–H groups in total. The zero-order valence-corrected chi connectivity index (χ0v) is 12.2. The van der Waals surface area contributed by atoms with Crippen LogP contribution in [0.5, 0.6) is 5.75 Å². The number of hydrogen-bond acceptors (Lipinski definition) is 4. The summed E-state index contributed by atoms with van der Waals surface area (Å²) in [4.78, 5) is 14.0. The minimum absolute atomic E-state index is 0.0325. The van der Waals surface area contributed by atoms with Crippen LogP contribution in [-0.2, 0) is 4.79 Å². The van der Waals surface area contributed by atoms with Gasteiger partial charge in [-0.1, -0.05) is 13.0 Å². The van der Waals surface area contributed by atoms with Crippen LogP contribution in [0.1, 0.15) is 38.9 Å². The third-order valence-corrected chi connectivity index (χ3v) is 3.61. The Kier molecular flexibility index (Phi) is 4.30. The summed E-state index contributed by atoms with van der Waals surface area (Å²) in [5, 5.41) is 10.1. The minimum atomic E-state index is -0.752. The number of amides is 1. The van der Waals surface area contributed by atoms with E-state index in [1.54, 1.807) is 30.0 Å². The highest BCUT2D eigenvalue weighted by Gasteiger charge is 2.32. The van der Waals surface area contributed by atoms with E-state index in [1.807, 2.05) is 13.8 Å². The van der Waals surface area contributed by atoms with Crippen molar-refractivity contribution in [2.24, 2.45) is 5.73 Å². The summed E-state index contributed by atoms with van der Waals surface area (Å²) in [5.74, 6) is 0.647. The van der Waals surface area contributed by atoms with E-state index in [0.29, 0.717) is 30.0 Å². The van der Waals surface area contributed by atoms with Crippen LogP contribution in [0.2, 0.25) is 0 Å². The van der Waals surface area contributed by atoms with Crippen molar-refractivity contribution in [2.75, 3.05) is 11.4 Å². The van der Waals surface area contributed by atoms with Crippen LogP contribution in [0.15, 0.2) is 18.2 Å². The standard InChI is InChI=1S/C15H22N2O3/c1-4-12-15(19)17(5-2)11-8-10(14(18)9(3)16)6-7-13(11)20-12/h6-9,12,14,18H,4-5,16H2,1-3H3. The number of carbonyl (C=O) groups is 1. The smallest absolute Gasteiger partial charge is 0.268 e. The SMILES string of the molecule is CCC1Oc2ccc(C(O)C(C)N)cc2N(CC)C1=O. The van der Waals surface area contributed by atoms with Gasteiger partial charge in [-0.2, -0.15) is 0 Å². The van der Waals surface area contributed by atoms with Crippen LogP contribution in [-0.4, -0.2) is 29.7 Å². The monoisotopic (exact) mass is 278 g/mol. The number of likely N-dealkylation sites (N-methyl/N-ethyl adjacent to an activating group) is 1. The predicted molar refractivity (Wildman–Crippen MR) is 77.8 cm³/mol. The van der Waals surface area contributed by atoms with Gasteiger partial charge in [-0.25, -0.2) is 0 Å². The number of nitrogens with zero attached hydrogens (tertiary/aromatic N) is 1. The van der Waals surface area contributed by atoms with Crippen molar-refractivity contribution in [1.29, 1.82) is 0 Å². The Labute approximate surface area is 119 Å². The lowest BCUT2D eigenvalue weighted by atomic mass is 10.0. The first-order chi connectivity index (χ1) is 9.49. The first-order valence-corrected chi connectivity index (χ1v) is 7.05. The van der Waals surface area contributed by atoms with Crippen molar-refractivity contribution < 1.29 is 14.6 Å². The number of anilines is 1. The molecular weight excluding hydrogens is 256 g/mol. The maximum atomic E-state index is 12.3. The summed E-state index contributed by atoms with van der Waals surface area (Å²) in [5.41, 5.74) is 7.13. The van der Waals surface area contributed by atoms with Gasteiger partial charge in [-0.3, -0.25) is 4.79 Å². The molecule has 0 aromatic heterocycles. The van der Waals surface area contributed by atoms with Gasteiger partial charge in [0.2, 0.25) is 0 Å². The number of ether oxygens (including phenoxy) is 1. The molecule has 1 amide bonds. The molecule has 1 aromatic carbocycles. The second kappa shape index (κ2) is 5.81. The fourth-order valence-corrected chi connectivity index (χ4v) is 2.41. The summed E-state index contributed by atoms with van der Waals surface area (Å²) >= 11 is 0. The molecule has 110 valence electrons. The Balaban J connectivity index is 2.42. The van der Waals surface area contributed by atoms with E-state index < -0.39 is 12.2 Å². The number of nitrogens with two attached hydrogens (primary N) is 1. The summed E-state index contributed by atoms with van der Waals surface area (Å²) in [6.07, 6.45) is -0.538. The van der Waals surface area contributed by atoms with Crippen molar-refractivity contribution in [3.05, 3.63) is 23.8 Å². The van der Waals surface area contributed by atoms with Gasteiger partial charge in [0.15, 0.2) is 6.10 Å². The topological polar surface area (TPSA) is 75.8 Å². The number of hydrogen-bond donors (Lipinski definition) is 2. The van der Waals surface area contributed by atoms with Crippen LogP contribution in [0.25, 0.3) is 0 Å². The third kappa shape index (κ3) is 2.51. The van der Waals surface area contributed by atoms with Crippen molar-refractivity contribution >= 4 is 11.6 Å². The van der Waals surface area contributed by atoms with Crippen LogP contribution in [0.4, 0.5) is 5.69 Å². The largest absolute Gasteiger partial charge is 0.478 e. The quantitative estimate of drug-likeness (QED) is 0.877. The van der Waals surface area contributed by atoms with Crippen LogP contribution < -0.4 is 15.4 Å². The molecule has 2 rings (SSSR count). The lowest BCUT2D eigenvalue weighted by Gasteiger charge is -2.34. The number of rotatable bonds is 4. The molecule has 0 spiro atoms. The average molecular weight is 278 g/mol. The van der Waals surface area contributed by atoms with Crippen molar-refractivity contribution in [1.82, 2.24) is 0 Å². The predicted octanol–water partition coefficient (Wildman–Crippen LogP) is 1.59. The fourth-order valence-electron chi connectivity index (χ4n) is 2.41. The Bertz CT molecular complexity index is 502. The molecule has 0 saturated heterocycles. The van der Waals surface area contributed by atoms with Crippen LogP contribution >= 0.6 is 0 Å². The second-order valence-electron chi connectivity index (χ2n) is 5.13. The Morgan fingerprint density at radius 3 is 2.70 bits per heavy atom. The lowest BCUT2D eigenvalue weighted by molar-refractivity contribution is -0.126. The molecule has 0 bridgehead atoms. The highest BCUT2D eigenvalue weighted by Crippen LogP contribution is 2.36. The maximum Gasteiger partial charge on any atom is 0.268 e. The third-order valence-electron chi connectivity index (χ3n) is 3.61. The zero-order valence-electron chi connectivity index (χ0n) is 12.2. The van der Waals surface area contributed by atoms with Crippen molar-refractivity contribution in [2.45, 2.75) is 45.4 Å². The van der Waals surface area contributed by atoms with E-state index in [4.69, 9.17) is 10.5 Å². The molecule has 0 saturated carbocycles. The van der Waals surface area contributed by atoms with Crippen LogP contribution in [0, 0.1) is 0 Å². The average Bonchev–Trinajstić information content (AvgIpc) is 2.45. The molecule has 3 atom stereocenters. The molecule has 1 aliphatic rings. The Morgan fingerprint density at radius 1 is 1.45 bits per heavy atom. The summed E-state index contributed by atoms with van der Waals surface area (Å²) in [6.45, 7) is 6.17. The molecule has 1 aliphatic heterocycles. The number of fused-ring (bicyclic) bond motifs is 1. The van der Waals surface area contributed by atoms with Gasteiger partial charge < -0.3 is 20.5 Å². The summed E-state index contributed by atoms with van der Waals surface area (Å²) in [6, 6.07) is 5.01. The molecule has 1 aromatic rings. The highest BCUT2D eigenvalue weighted by atomic mass is 16.5. The van der Waals surface area contributed by atoms with E-state index in [2.05, 4.69) is 0 Å². The molecule has 0 radical (unpaired) electrons. The first-order valence-electron chi connectivity index (χ1n) is 7.05. The van der Waals surface area contributed by atoms with Crippen molar-refractivity contribution in [3.63, 3.8) is 0 Å². The molecule has 3 unspecified atom stereocenters. The Hall–Kier alpha value is -1.59. The lowest BCUT2D eigenvalue weighted by Crippen LogP contribution is -2.45. The normalized spacial score (nSPS) is 21.1. The van der Waals surface area contributed by atoms with Gasteiger partial charge in [0, 0.05) is 12.6 Å². The molecule has 20 heavy (non-hydrogen) atoms. The fraction of sp³-hybridized carbons (Fsp3) is 0.533.